The van der Waals surface area contributed by atoms with Crippen LogP contribution in [0.4, 0.5) is 0 Å². The van der Waals surface area contributed by atoms with Gasteiger partial charge in [0.15, 0.2) is 12.4 Å². The summed E-state index contributed by atoms with van der Waals surface area (Å²) in [7, 11) is -2.78. The Morgan fingerprint density at radius 2 is 2.10 bits per heavy atom. The van der Waals surface area contributed by atoms with Crippen molar-refractivity contribution in [3.63, 3.8) is 0 Å². The lowest BCUT2D eigenvalue weighted by molar-refractivity contribution is -0.136. The van der Waals surface area contributed by atoms with Gasteiger partial charge in [0.2, 0.25) is 5.78 Å². The summed E-state index contributed by atoms with van der Waals surface area (Å²) >= 11 is 0. The Kier molecular flexibility index (Phi) is 3.95. The maximum atomic E-state index is 10.3. The first-order chi connectivity index (χ1) is 4.54. The van der Waals surface area contributed by atoms with Gasteiger partial charge in [0.05, 0.1) is 0 Å². The van der Waals surface area contributed by atoms with Crippen molar-refractivity contribution in [3.05, 3.63) is 0 Å². The standard InChI is InChI=1S/C4H5O5P/c1-3(5)4(6)2-9-10(7)8/h2H2,1H3/p+1. The predicted molar refractivity (Wildman–Crippen MR) is 31.5 cm³/mol. The largest absolute Gasteiger partial charge is 0.695 e. The maximum Gasteiger partial charge on any atom is 0.695 e. The first kappa shape index (κ1) is 9.36. The van der Waals surface area contributed by atoms with Crippen LogP contribution in [0.25, 0.3) is 0 Å². The second kappa shape index (κ2) is 4.22. The van der Waals surface area contributed by atoms with E-state index in [-0.39, 0.29) is 0 Å². The van der Waals surface area contributed by atoms with E-state index in [4.69, 9.17) is 4.89 Å². The minimum Gasteiger partial charge on any atom is -0.291 e. The molecule has 0 bridgehead atoms. The smallest absolute Gasteiger partial charge is 0.291 e. The van der Waals surface area contributed by atoms with Gasteiger partial charge in [-0.2, -0.15) is 0 Å². The molecule has 0 saturated carbocycles. The summed E-state index contributed by atoms with van der Waals surface area (Å²) in [5, 5.41) is 0. The quantitative estimate of drug-likeness (QED) is 0.461. The molecule has 0 rings (SSSR count). The highest BCUT2D eigenvalue weighted by Gasteiger charge is 2.17. The van der Waals surface area contributed by atoms with Gasteiger partial charge in [0.1, 0.15) is 0 Å². The number of hydrogen-bond donors (Lipinski definition) is 1. The van der Waals surface area contributed by atoms with Gasteiger partial charge in [-0.05, 0) is 0 Å². The predicted octanol–water partition coefficient (Wildman–Crippen LogP) is -0.189. The number of rotatable bonds is 4. The van der Waals surface area contributed by atoms with Crippen LogP contribution in [0.2, 0.25) is 0 Å². The molecule has 1 unspecified atom stereocenters. The van der Waals surface area contributed by atoms with Gasteiger partial charge >= 0.3 is 8.25 Å². The van der Waals surface area contributed by atoms with Crippen molar-refractivity contribution in [3.8, 4) is 0 Å². The number of hydrogen-bond acceptors (Lipinski definition) is 4. The topological polar surface area (TPSA) is 80.7 Å². The Bertz CT molecular complexity index is 174. The lowest BCUT2D eigenvalue weighted by Crippen LogP contribution is -2.14. The lowest BCUT2D eigenvalue weighted by Gasteiger charge is -1.84. The fourth-order valence-electron chi connectivity index (χ4n) is 0.215. The van der Waals surface area contributed by atoms with E-state index in [9.17, 15) is 14.2 Å². The Labute approximate surface area is 57.9 Å². The summed E-state index contributed by atoms with van der Waals surface area (Å²) in [5.74, 6) is -1.49. The molecule has 0 aromatic rings. The molecule has 0 fully saturated rings. The van der Waals surface area contributed by atoms with Gasteiger partial charge in [-0.15, -0.1) is 9.42 Å². The maximum absolute atomic E-state index is 10.3. The first-order valence-electron chi connectivity index (χ1n) is 2.37. The van der Waals surface area contributed by atoms with E-state index in [2.05, 4.69) is 4.52 Å². The molecule has 6 heteroatoms. The molecule has 0 aromatic carbocycles. The van der Waals surface area contributed by atoms with Crippen LogP contribution >= 0.6 is 8.25 Å². The number of Topliss-reactive ketones (excluding diaryl/α,β-unsaturated/α-hetero) is 2. The molecule has 5 nitrogen and oxygen atoms in total. The van der Waals surface area contributed by atoms with Crippen molar-refractivity contribution in [1.82, 2.24) is 0 Å². The molecule has 0 heterocycles. The Morgan fingerprint density at radius 3 is 2.40 bits per heavy atom. The molecule has 0 aliphatic heterocycles. The molecule has 0 amide bonds. The van der Waals surface area contributed by atoms with E-state index in [0.29, 0.717) is 0 Å². The minimum absolute atomic E-state index is 0.624. The number of carbonyl (C=O) groups is 2. The van der Waals surface area contributed by atoms with Crippen LogP contribution in [0.15, 0.2) is 0 Å². The van der Waals surface area contributed by atoms with E-state index in [1.807, 2.05) is 0 Å². The number of ketones is 2. The summed E-state index contributed by atoms with van der Waals surface area (Å²) in [6.07, 6.45) is 0. The highest BCUT2D eigenvalue weighted by molar-refractivity contribution is 7.32. The highest BCUT2D eigenvalue weighted by Crippen LogP contribution is 2.13. The van der Waals surface area contributed by atoms with E-state index < -0.39 is 26.4 Å². The Hall–Kier alpha value is -0.640. The van der Waals surface area contributed by atoms with Crippen LogP contribution < -0.4 is 0 Å². The molecule has 0 aromatic heterocycles. The summed E-state index contributed by atoms with van der Waals surface area (Å²) in [4.78, 5) is 28.5. The molecule has 0 aliphatic carbocycles. The van der Waals surface area contributed by atoms with Crippen LogP contribution in [0, 0.1) is 0 Å². The van der Waals surface area contributed by atoms with Gasteiger partial charge in [0, 0.05) is 11.5 Å². The zero-order valence-corrected chi connectivity index (χ0v) is 6.13. The summed E-state index contributed by atoms with van der Waals surface area (Å²) in [6.45, 7) is 0.442. The third-order valence-corrected chi connectivity index (χ3v) is 1.05. The Balaban J connectivity index is 3.60. The first-order valence-corrected chi connectivity index (χ1v) is 3.50. The third-order valence-electron chi connectivity index (χ3n) is 0.699. The summed E-state index contributed by atoms with van der Waals surface area (Å²) in [5.41, 5.74) is 0. The highest BCUT2D eigenvalue weighted by atomic mass is 31.1. The third kappa shape index (κ3) is 4.26. The van der Waals surface area contributed by atoms with E-state index in [1.165, 1.54) is 0 Å². The van der Waals surface area contributed by atoms with Crippen LogP contribution in [0.1, 0.15) is 6.92 Å². The number of carbonyl (C=O) groups excluding carboxylic acids is 2. The average molecular weight is 165 g/mol. The molecule has 1 atom stereocenters. The fourth-order valence-corrected chi connectivity index (χ4v) is 0.443. The summed E-state index contributed by atoms with van der Waals surface area (Å²) < 4.78 is 13.7. The molecular formula is C4H6O5P+. The normalized spacial score (nSPS) is 10.8. The molecule has 0 aliphatic rings. The molecule has 10 heavy (non-hydrogen) atoms. The lowest BCUT2D eigenvalue weighted by atomic mass is 10.3. The zero-order chi connectivity index (χ0) is 8.15. The molecule has 0 radical (unpaired) electrons. The van der Waals surface area contributed by atoms with Gasteiger partial charge in [0.25, 0.3) is 0 Å². The second-order valence-corrected chi connectivity index (χ2v) is 2.22. The Morgan fingerprint density at radius 1 is 1.60 bits per heavy atom. The van der Waals surface area contributed by atoms with Crippen molar-refractivity contribution in [2.45, 2.75) is 6.92 Å². The van der Waals surface area contributed by atoms with Crippen LogP contribution in [-0.2, 0) is 18.7 Å². The van der Waals surface area contributed by atoms with E-state index in [1.54, 1.807) is 0 Å². The molecular weight excluding hydrogens is 159 g/mol. The van der Waals surface area contributed by atoms with Crippen LogP contribution in [-0.4, -0.2) is 23.1 Å². The van der Waals surface area contributed by atoms with Gasteiger partial charge < -0.3 is 0 Å². The molecule has 0 saturated heterocycles. The van der Waals surface area contributed by atoms with Gasteiger partial charge in [-0.25, -0.2) is 0 Å². The molecule has 56 valence electrons. The van der Waals surface area contributed by atoms with Gasteiger partial charge in [-0.1, -0.05) is 0 Å². The van der Waals surface area contributed by atoms with Gasteiger partial charge in [-0.3, -0.25) is 9.59 Å². The fraction of sp³-hybridized carbons (Fsp3) is 0.500. The SMILES string of the molecule is CC(=O)C(=O)CO[P+](=O)O. The molecule has 0 spiro atoms. The minimum atomic E-state index is -2.78. The van der Waals surface area contributed by atoms with Crippen molar-refractivity contribution in [1.29, 1.82) is 0 Å². The van der Waals surface area contributed by atoms with Crippen molar-refractivity contribution < 1.29 is 23.6 Å². The summed E-state index contributed by atoms with van der Waals surface area (Å²) in [6, 6.07) is 0. The second-order valence-electron chi connectivity index (χ2n) is 1.49. The van der Waals surface area contributed by atoms with E-state index >= 15 is 0 Å². The van der Waals surface area contributed by atoms with Crippen molar-refractivity contribution in [2.75, 3.05) is 6.61 Å². The van der Waals surface area contributed by atoms with Crippen molar-refractivity contribution in [2.24, 2.45) is 0 Å². The average Bonchev–Trinajstić information content (AvgIpc) is 1.82. The molecule has 1 N–H and O–H groups in total. The monoisotopic (exact) mass is 165 g/mol. The van der Waals surface area contributed by atoms with Crippen LogP contribution in [0.3, 0.4) is 0 Å². The van der Waals surface area contributed by atoms with E-state index in [0.717, 1.165) is 6.92 Å². The van der Waals surface area contributed by atoms with Crippen molar-refractivity contribution >= 4 is 19.8 Å². The zero-order valence-electron chi connectivity index (χ0n) is 5.23. The van der Waals surface area contributed by atoms with Crippen LogP contribution in [0.5, 0.6) is 0 Å².